The van der Waals surface area contributed by atoms with Gasteiger partial charge in [-0.15, -0.1) is 0 Å². The van der Waals surface area contributed by atoms with E-state index in [0.717, 1.165) is 25.7 Å². The first-order chi connectivity index (χ1) is 7.24. The predicted molar refractivity (Wildman–Crippen MR) is 54.0 cm³/mol. The zero-order valence-electron chi connectivity index (χ0n) is 9.03. The third-order valence-electron chi connectivity index (χ3n) is 2.91. The van der Waals surface area contributed by atoms with Crippen LogP contribution < -0.4 is 5.73 Å². The standard InChI is InChI=1S/C10H17N3O2/c1-14-7-8-12-9(15-13-8)10(11)5-3-2-4-6-10/h2-7,11H2,1H3. The molecule has 0 aliphatic heterocycles. The summed E-state index contributed by atoms with van der Waals surface area (Å²) in [5, 5.41) is 3.84. The molecule has 0 unspecified atom stereocenters. The Labute approximate surface area is 89.0 Å². The van der Waals surface area contributed by atoms with Crippen LogP contribution in [0.25, 0.3) is 0 Å². The molecule has 0 saturated heterocycles. The lowest BCUT2D eigenvalue weighted by Gasteiger charge is -2.29. The van der Waals surface area contributed by atoms with Crippen LogP contribution in [-0.2, 0) is 16.9 Å². The molecule has 1 aromatic heterocycles. The Morgan fingerprint density at radius 3 is 2.80 bits per heavy atom. The van der Waals surface area contributed by atoms with Crippen molar-refractivity contribution < 1.29 is 9.26 Å². The van der Waals surface area contributed by atoms with Crippen LogP contribution >= 0.6 is 0 Å². The van der Waals surface area contributed by atoms with E-state index >= 15 is 0 Å². The lowest BCUT2D eigenvalue weighted by atomic mass is 9.82. The van der Waals surface area contributed by atoms with E-state index in [1.807, 2.05) is 0 Å². The number of aromatic nitrogens is 2. The molecule has 2 rings (SSSR count). The second kappa shape index (κ2) is 4.28. The SMILES string of the molecule is COCc1noc(C2(N)CCCCC2)n1. The quantitative estimate of drug-likeness (QED) is 0.816. The first-order valence-corrected chi connectivity index (χ1v) is 5.35. The summed E-state index contributed by atoms with van der Waals surface area (Å²) in [7, 11) is 1.61. The molecule has 15 heavy (non-hydrogen) atoms. The fourth-order valence-electron chi connectivity index (χ4n) is 2.04. The molecule has 84 valence electrons. The van der Waals surface area contributed by atoms with E-state index in [-0.39, 0.29) is 0 Å². The van der Waals surface area contributed by atoms with Crippen molar-refractivity contribution in [1.29, 1.82) is 0 Å². The maximum atomic E-state index is 6.25. The van der Waals surface area contributed by atoms with Gasteiger partial charge in [-0.1, -0.05) is 24.4 Å². The lowest BCUT2D eigenvalue weighted by Crippen LogP contribution is -2.39. The monoisotopic (exact) mass is 211 g/mol. The molecule has 5 nitrogen and oxygen atoms in total. The van der Waals surface area contributed by atoms with E-state index in [9.17, 15) is 0 Å². The highest BCUT2D eigenvalue weighted by atomic mass is 16.5. The average Bonchev–Trinajstić information content (AvgIpc) is 2.69. The molecule has 0 aromatic carbocycles. The minimum absolute atomic E-state index is 0.375. The van der Waals surface area contributed by atoms with Gasteiger partial charge < -0.3 is 15.0 Å². The van der Waals surface area contributed by atoms with Crippen molar-refractivity contribution in [2.24, 2.45) is 5.73 Å². The van der Waals surface area contributed by atoms with Gasteiger partial charge in [0.1, 0.15) is 6.61 Å². The molecule has 0 radical (unpaired) electrons. The van der Waals surface area contributed by atoms with Crippen molar-refractivity contribution in [3.05, 3.63) is 11.7 Å². The van der Waals surface area contributed by atoms with Crippen molar-refractivity contribution in [2.75, 3.05) is 7.11 Å². The van der Waals surface area contributed by atoms with Gasteiger partial charge in [-0.2, -0.15) is 4.98 Å². The number of hydrogen-bond acceptors (Lipinski definition) is 5. The summed E-state index contributed by atoms with van der Waals surface area (Å²) < 4.78 is 10.1. The Balaban J connectivity index is 2.12. The van der Waals surface area contributed by atoms with Gasteiger partial charge in [0.2, 0.25) is 5.89 Å². The zero-order valence-corrected chi connectivity index (χ0v) is 9.03. The summed E-state index contributed by atoms with van der Waals surface area (Å²) in [4.78, 5) is 4.27. The molecule has 1 saturated carbocycles. The average molecular weight is 211 g/mol. The van der Waals surface area contributed by atoms with Crippen molar-refractivity contribution >= 4 is 0 Å². The molecule has 0 bridgehead atoms. The summed E-state index contributed by atoms with van der Waals surface area (Å²) >= 11 is 0. The van der Waals surface area contributed by atoms with Gasteiger partial charge in [0.15, 0.2) is 5.82 Å². The van der Waals surface area contributed by atoms with E-state index in [0.29, 0.717) is 18.3 Å². The molecule has 1 aliphatic rings. The van der Waals surface area contributed by atoms with E-state index in [4.69, 9.17) is 15.0 Å². The Kier molecular flexibility index (Phi) is 3.02. The molecular formula is C10H17N3O2. The van der Waals surface area contributed by atoms with Gasteiger partial charge in [-0.3, -0.25) is 0 Å². The third kappa shape index (κ3) is 2.18. The first-order valence-electron chi connectivity index (χ1n) is 5.35. The summed E-state index contributed by atoms with van der Waals surface area (Å²) in [5.74, 6) is 1.14. The van der Waals surface area contributed by atoms with Crippen LogP contribution in [0.1, 0.15) is 43.8 Å². The molecule has 2 N–H and O–H groups in total. The topological polar surface area (TPSA) is 74.2 Å². The number of methoxy groups -OCH3 is 1. The summed E-state index contributed by atoms with van der Waals surface area (Å²) in [6, 6.07) is 0. The van der Waals surface area contributed by atoms with Gasteiger partial charge in [0.25, 0.3) is 0 Å². The van der Waals surface area contributed by atoms with Crippen LogP contribution in [0, 0.1) is 0 Å². The van der Waals surface area contributed by atoms with Crippen molar-refractivity contribution in [2.45, 2.75) is 44.2 Å². The van der Waals surface area contributed by atoms with Gasteiger partial charge >= 0.3 is 0 Å². The molecular weight excluding hydrogens is 194 g/mol. The van der Waals surface area contributed by atoms with Gasteiger partial charge in [0.05, 0.1) is 5.54 Å². The molecule has 5 heteroatoms. The van der Waals surface area contributed by atoms with Crippen LogP contribution in [-0.4, -0.2) is 17.3 Å². The fraction of sp³-hybridized carbons (Fsp3) is 0.800. The van der Waals surface area contributed by atoms with Crippen molar-refractivity contribution in [1.82, 2.24) is 10.1 Å². The lowest BCUT2D eigenvalue weighted by molar-refractivity contribution is 0.174. The van der Waals surface area contributed by atoms with Crippen LogP contribution in [0.3, 0.4) is 0 Å². The predicted octanol–water partition coefficient (Wildman–Crippen LogP) is 1.33. The van der Waals surface area contributed by atoms with Crippen LogP contribution in [0.15, 0.2) is 4.52 Å². The number of hydrogen-bond donors (Lipinski definition) is 1. The zero-order chi connectivity index (χ0) is 10.7. The number of nitrogens with zero attached hydrogens (tertiary/aromatic N) is 2. The minimum Gasteiger partial charge on any atom is -0.377 e. The molecule has 0 amide bonds. The largest absolute Gasteiger partial charge is 0.377 e. The highest BCUT2D eigenvalue weighted by molar-refractivity contribution is 5.03. The first kappa shape index (κ1) is 10.6. The van der Waals surface area contributed by atoms with Crippen LogP contribution in [0.4, 0.5) is 0 Å². The second-order valence-corrected chi connectivity index (χ2v) is 4.17. The smallest absolute Gasteiger partial charge is 0.246 e. The Morgan fingerprint density at radius 1 is 1.40 bits per heavy atom. The summed E-state index contributed by atoms with van der Waals surface area (Å²) in [6.45, 7) is 0.375. The molecule has 1 fully saturated rings. The molecule has 1 aromatic rings. The normalized spacial score (nSPS) is 20.4. The number of nitrogens with two attached hydrogens (primary N) is 1. The van der Waals surface area contributed by atoms with E-state index in [1.54, 1.807) is 7.11 Å². The van der Waals surface area contributed by atoms with Crippen molar-refractivity contribution in [3.63, 3.8) is 0 Å². The highest BCUT2D eigenvalue weighted by Gasteiger charge is 2.35. The molecule has 0 atom stereocenters. The summed E-state index contributed by atoms with van der Waals surface area (Å²) in [6.07, 6.45) is 5.39. The number of ether oxygens (including phenoxy) is 1. The molecule has 1 aliphatic carbocycles. The molecule has 0 spiro atoms. The highest BCUT2D eigenvalue weighted by Crippen LogP contribution is 2.33. The minimum atomic E-state index is -0.406. The Morgan fingerprint density at radius 2 is 2.13 bits per heavy atom. The maximum Gasteiger partial charge on any atom is 0.246 e. The number of rotatable bonds is 3. The van der Waals surface area contributed by atoms with Gasteiger partial charge in [-0.05, 0) is 12.8 Å². The van der Waals surface area contributed by atoms with E-state index < -0.39 is 5.54 Å². The second-order valence-electron chi connectivity index (χ2n) is 4.17. The van der Waals surface area contributed by atoms with Gasteiger partial charge in [-0.25, -0.2) is 0 Å². The third-order valence-corrected chi connectivity index (χ3v) is 2.91. The van der Waals surface area contributed by atoms with E-state index in [2.05, 4.69) is 10.1 Å². The maximum absolute atomic E-state index is 6.25. The summed E-state index contributed by atoms with van der Waals surface area (Å²) in [5.41, 5.74) is 5.85. The van der Waals surface area contributed by atoms with Crippen LogP contribution in [0.2, 0.25) is 0 Å². The fourth-order valence-corrected chi connectivity index (χ4v) is 2.04. The molecule has 1 heterocycles. The Hall–Kier alpha value is -0.940. The van der Waals surface area contributed by atoms with Gasteiger partial charge in [0, 0.05) is 7.11 Å². The Bertz CT molecular complexity index is 318. The van der Waals surface area contributed by atoms with Crippen molar-refractivity contribution in [3.8, 4) is 0 Å². The van der Waals surface area contributed by atoms with E-state index in [1.165, 1.54) is 6.42 Å². The van der Waals surface area contributed by atoms with Crippen LogP contribution in [0.5, 0.6) is 0 Å².